The number of hydrogen-bond donors (Lipinski definition) is 0. The van der Waals surface area contributed by atoms with Gasteiger partial charge in [-0.25, -0.2) is 4.68 Å². The van der Waals surface area contributed by atoms with Crippen LogP contribution in [0.2, 0.25) is 0 Å². The van der Waals surface area contributed by atoms with Crippen molar-refractivity contribution >= 4 is 11.4 Å². The molecule has 0 saturated heterocycles. The minimum atomic E-state index is 1.02. The molecule has 2 heteroatoms. The molecule has 0 atom stereocenters. The Morgan fingerprint density at radius 3 is 1.20 bits per heavy atom. The highest BCUT2D eigenvalue weighted by atomic mass is 15.3. The van der Waals surface area contributed by atoms with Crippen LogP contribution in [0.25, 0.3) is 11.5 Å². The van der Waals surface area contributed by atoms with Gasteiger partial charge in [-0.2, -0.15) is 0 Å². The van der Waals surface area contributed by atoms with Crippen LogP contribution in [0.15, 0.2) is 54.1 Å². The summed E-state index contributed by atoms with van der Waals surface area (Å²) in [4.78, 5) is 0. The maximum Gasteiger partial charge on any atom is 0.215 e. The van der Waals surface area contributed by atoms with Crippen molar-refractivity contribution in [2.24, 2.45) is 0 Å². The van der Waals surface area contributed by atoms with Crippen LogP contribution < -0.4 is 0 Å². The molecule has 242 valence electrons. The molecule has 3 rings (SSSR count). The maximum atomic E-state index is 9.50. The Morgan fingerprint density at radius 1 is 0.500 bits per heavy atom. The van der Waals surface area contributed by atoms with Crippen LogP contribution in [-0.2, 0) is 25.7 Å². The van der Waals surface area contributed by atoms with Gasteiger partial charge in [-0.1, -0.05) is 123 Å². The van der Waals surface area contributed by atoms with E-state index in [0.717, 1.165) is 37.1 Å². The second-order valence-corrected chi connectivity index (χ2v) is 13.3. The lowest BCUT2D eigenvalue weighted by molar-refractivity contribution is -0.347. The minimum absolute atomic E-state index is 1.02. The van der Waals surface area contributed by atoms with Gasteiger partial charge >= 0.3 is 0 Å². The Morgan fingerprint density at radius 2 is 0.864 bits per heavy atom. The summed E-state index contributed by atoms with van der Waals surface area (Å²) in [6.07, 6.45) is 29.6. The topological polar surface area (TPSA) is 26.8 Å². The van der Waals surface area contributed by atoms with Crippen molar-refractivity contribution in [1.82, 2.24) is 0 Å². The number of rotatable bonds is 22. The lowest BCUT2D eigenvalue weighted by Crippen LogP contribution is -2.12. The molecule has 2 aromatic carbocycles. The fourth-order valence-corrected chi connectivity index (χ4v) is 6.67. The van der Waals surface area contributed by atoms with Gasteiger partial charge in [0, 0.05) is 22.8 Å². The molecule has 1 aliphatic rings. The fraction of sp³-hybridized carbons (Fsp3) is 0.595. The third-order valence-corrected chi connectivity index (χ3v) is 9.29. The fourth-order valence-electron chi connectivity index (χ4n) is 6.67. The molecular formula is C42H64N2. The Bertz CT molecular complexity index is 1170. The predicted octanol–water partition coefficient (Wildman–Crippen LogP) is 12.9. The van der Waals surface area contributed by atoms with Gasteiger partial charge in [0.25, 0.3) is 0 Å². The third kappa shape index (κ3) is 11.4. The van der Waals surface area contributed by atoms with E-state index in [1.165, 1.54) is 142 Å². The van der Waals surface area contributed by atoms with E-state index in [-0.39, 0.29) is 0 Å². The Balaban J connectivity index is 1.97. The lowest BCUT2D eigenvalue weighted by Gasteiger charge is -2.13. The van der Waals surface area contributed by atoms with Crippen molar-refractivity contribution in [2.45, 2.75) is 163 Å². The monoisotopic (exact) mass is 597 g/mol. The normalized spacial score (nSPS) is 14.2. The van der Waals surface area contributed by atoms with E-state index in [1.807, 2.05) is 0 Å². The second-order valence-electron chi connectivity index (χ2n) is 13.3. The largest absolute Gasteiger partial charge is 0.448 e. The molecule has 1 N–H and O–H groups in total. The quantitative estimate of drug-likeness (QED) is 0.0955. The molecular weight excluding hydrogens is 532 g/mol. The van der Waals surface area contributed by atoms with Gasteiger partial charge < -0.3 is 5.84 Å². The Kier molecular flexibility index (Phi) is 16.6. The minimum Gasteiger partial charge on any atom is -0.448 e. The number of nitrogens with one attached hydrogen (secondary N) is 1. The molecule has 0 spiro atoms. The summed E-state index contributed by atoms with van der Waals surface area (Å²) in [7, 11) is 0. The first-order valence-corrected chi connectivity index (χ1v) is 18.6. The van der Waals surface area contributed by atoms with Crippen molar-refractivity contribution in [3.63, 3.8) is 0 Å². The van der Waals surface area contributed by atoms with Crippen LogP contribution in [0, 0.1) is 0 Å². The SMILES string of the molecule is CC=C1C=C(c2cc(CCCCCC)cc(CCCCCC)c2)[N+]([NH-])=C1c1cc(CCCCCC)cc(CCCCCC)c1. The van der Waals surface area contributed by atoms with Crippen LogP contribution in [0.3, 0.4) is 0 Å². The van der Waals surface area contributed by atoms with E-state index in [2.05, 4.69) is 83.2 Å². The molecule has 1 aliphatic heterocycles. The van der Waals surface area contributed by atoms with Crippen LogP contribution in [0.1, 0.15) is 171 Å². The molecule has 0 bridgehead atoms. The average Bonchev–Trinajstić information content (AvgIpc) is 3.38. The summed E-state index contributed by atoms with van der Waals surface area (Å²) in [5, 5.41) is 0. The molecule has 0 amide bonds. The van der Waals surface area contributed by atoms with Crippen LogP contribution >= 0.6 is 0 Å². The van der Waals surface area contributed by atoms with E-state index >= 15 is 0 Å². The Labute approximate surface area is 271 Å². The highest BCUT2D eigenvalue weighted by Gasteiger charge is 2.28. The van der Waals surface area contributed by atoms with E-state index in [9.17, 15) is 5.84 Å². The van der Waals surface area contributed by atoms with Crippen LogP contribution in [0.4, 0.5) is 0 Å². The van der Waals surface area contributed by atoms with Gasteiger partial charge in [0.1, 0.15) is 0 Å². The van der Waals surface area contributed by atoms with Gasteiger partial charge in [0.2, 0.25) is 11.4 Å². The van der Waals surface area contributed by atoms with E-state index < -0.39 is 0 Å². The first-order chi connectivity index (χ1) is 21.5. The highest BCUT2D eigenvalue weighted by molar-refractivity contribution is 6.15. The lowest BCUT2D eigenvalue weighted by atomic mass is 9.94. The zero-order chi connectivity index (χ0) is 31.6. The maximum absolute atomic E-state index is 9.50. The summed E-state index contributed by atoms with van der Waals surface area (Å²) in [5.41, 5.74) is 11.4. The molecule has 0 aromatic heterocycles. The van der Waals surface area contributed by atoms with Gasteiger partial charge in [0.15, 0.2) is 0 Å². The predicted molar refractivity (Wildman–Crippen MR) is 195 cm³/mol. The van der Waals surface area contributed by atoms with Crippen molar-refractivity contribution in [3.8, 4) is 0 Å². The average molecular weight is 597 g/mol. The highest BCUT2D eigenvalue weighted by Crippen LogP contribution is 2.31. The van der Waals surface area contributed by atoms with Crippen molar-refractivity contribution < 1.29 is 4.68 Å². The summed E-state index contributed by atoms with van der Waals surface area (Å²) in [6.45, 7) is 11.3. The molecule has 2 nitrogen and oxygen atoms in total. The zero-order valence-electron chi connectivity index (χ0n) is 29.2. The van der Waals surface area contributed by atoms with Crippen molar-refractivity contribution in [1.29, 1.82) is 0 Å². The van der Waals surface area contributed by atoms with E-state index in [1.54, 1.807) is 4.68 Å². The van der Waals surface area contributed by atoms with Crippen molar-refractivity contribution in [2.75, 3.05) is 0 Å². The number of benzene rings is 2. The first kappa shape index (κ1) is 35.9. The van der Waals surface area contributed by atoms with Crippen molar-refractivity contribution in [3.05, 3.63) is 93.3 Å². The summed E-state index contributed by atoms with van der Waals surface area (Å²) >= 11 is 0. The molecule has 2 aromatic rings. The van der Waals surface area contributed by atoms with Gasteiger partial charge in [-0.15, -0.1) is 0 Å². The van der Waals surface area contributed by atoms with Gasteiger partial charge in [0.05, 0.1) is 0 Å². The second kappa shape index (κ2) is 20.4. The van der Waals surface area contributed by atoms with Crippen LogP contribution in [0.5, 0.6) is 0 Å². The van der Waals surface area contributed by atoms with E-state index in [4.69, 9.17) is 0 Å². The number of unbranched alkanes of at least 4 members (excludes halogenated alkanes) is 12. The Hall–Kier alpha value is -2.61. The molecule has 0 unspecified atom stereocenters. The molecule has 0 aliphatic carbocycles. The number of allylic oxidation sites excluding steroid dienone is 3. The number of aryl methyl sites for hydroxylation is 4. The summed E-state index contributed by atoms with van der Waals surface area (Å²) in [6, 6.07) is 14.5. The van der Waals surface area contributed by atoms with E-state index in [0.29, 0.717) is 0 Å². The van der Waals surface area contributed by atoms with Gasteiger partial charge in [-0.3, -0.25) is 0 Å². The number of hydrogen-bond acceptors (Lipinski definition) is 0. The zero-order valence-corrected chi connectivity index (χ0v) is 29.2. The number of nitrogens with zero attached hydrogens (tertiary/aromatic N) is 1. The third-order valence-electron chi connectivity index (χ3n) is 9.29. The molecule has 0 fully saturated rings. The molecule has 44 heavy (non-hydrogen) atoms. The van der Waals surface area contributed by atoms with Crippen LogP contribution in [-0.4, -0.2) is 10.4 Å². The van der Waals surface area contributed by atoms with Gasteiger partial charge in [-0.05, 0) is 105 Å². The molecule has 0 saturated carbocycles. The summed E-state index contributed by atoms with van der Waals surface area (Å²) < 4.78 is 1.75. The summed E-state index contributed by atoms with van der Waals surface area (Å²) in [5.74, 6) is 9.50. The molecule has 0 radical (unpaired) electrons. The first-order valence-electron chi connectivity index (χ1n) is 18.6. The smallest absolute Gasteiger partial charge is 0.215 e. The molecule has 1 heterocycles. The standard InChI is InChI=1S/C42H64N2/c1-6-11-15-19-23-34-27-35(24-20-16-12-7-2)30-39(29-34)41-33-38(10-5)42(44(41)43)40-31-36(25-21-17-13-8-3)28-37(32-40)26-22-18-14-9-4/h10,27-33,43H,6-9,11-26H2,1-5H3.